The topological polar surface area (TPSA) is 97.0 Å². The smallest absolute Gasteiger partial charge is 0.245 e. The van der Waals surface area contributed by atoms with E-state index in [4.69, 9.17) is 9.47 Å². The average Bonchev–Trinajstić information content (AvgIpc) is 3.31. The Morgan fingerprint density at radius 2 is 1.97 bits per heavy atom. The maximum absolute atomic E-state index is 15.2. The van der Waals surface area contributed by atoms with Crippen molar-refractivity contribution in [2.24, 2.45) is 0 Å². The first-order valence-electron chi connectivity index (χ1n) is 12.6. The molecule has 5 rings (SSSR count). The second kappa shape index (κ2) is 10.5. The number of anilines is 2. The first kappa shape index (κ1) is 25.9. The van der Waals surface area contributed by atoms with E-state index in [9.17, 15) is 5.11 Å². The summed E-state index contributed by atoms with van der Waals surface area (Å²) in [6.45, 7) is 4.97. The van der Waals surface area contributed by atoms with Gasteiger partial charge in [0.05, 0.1) is 48.5 Å². The van der Waals surface area contributed by atoms with Crippen molar-refractivity contribution in [1.82, 2.24) is 24.5 Å². The zero-order chi connectivity index (χ0) is 26.9. The van der Waals surface area contributed by atoms with Gasteiger partial charge in [0.25, 0.3) is 0 Å². The normalized spacial score (nSPS) is 18.5. The van der Waals surface area contributed by atoms with Crippen LogP contribution in [-0.4, -0.2) is 75.2 Å². The van der Waals surface area contributed by atoms with Crippen molar-refractivity contribution in [2.45, 2.75) is 38.0 Å². The van der Waals surface area contributed by atoms with Crippen LogP contribution < -0.4 is 14.8 Å². The number of likely N-dealkylation sites (tertiary alicyclic amines) is 1. The molecule has 0 radical (unpaired) electrons. The van der Waals surface area contributed by atoms with Crippen molar-refractivity contribution in [1.29, 1.82) is 0 Å². The molecule has 200 valence electrons. The van der Waals surface area contributed by atoms with E-state index in [2.05, 4.69) is 20.4 Å². The molecule has 1 saturated heterocycles. The zero-order valence-corrected chi connectivity index (χ0v) is 22.1. The van der Waals surface area contributed by atoms with Crippen molar-refractivity contribution in [3.63, 3.8) is 0 Å². The summed E-state index contributed by atoms with van der Waals surface area (Å²) in [5.41, 5.74) is 3.18. The summed E-state index contributed by atoms with van der Waals surface area (Å²) in [4.78, 5) is 10.7. The van der Waals surface area contributed by atoms with Gasteiger partial charge >= 0.3 is 0 Å². The summed E-state index contributed by atoms with van der Waals surface area (Å²) >= 11 is 0. The minimum Gasteiger partial charge on any atom is -0.495 e. The van der Waals surface area contributed by atoms with Crippen LogP contribution in [0, 0.1) is 0 Å². The van der Waals surface area contributed by atoms with Gasteiger partial charge in [-0.1, -0.05) is 6.07 Å². The summed E-state index contributed by atoms with van der Waals surface area (Å²) in [6.07, 6.45) is 3.05. The fourth-order valence-electron chi connectivity index (χ4n) is 5.11. The van der Waals surface area contributed by atoms with Crippen LogP contribution in [0.15, 0.2) is 54.9 Å². The number of nitrogens with one attached hydrogen (secondary N) is 1. The highest BCUT2D eigenvalue weighted by atomic mass is 19.1. The standard InChI is InChI=1S/C28H33FN6O3/c1-28(2,36)17-34-13-11-20(22(29)16-34)18-7-9-23(25(14-18)37-3)32-27-31-15-19-8-10-24(35(19)33-27)21-6-5-12-30-26(21)38-4/h5-10,12,14-15,20,22,36H,11,13,16-17H2,1-4H3,(H,32,33)/t20-,22+/m0/s1. The number of β-amino-alcohol motifs (C(OH)–C–C–N with tert-alkyl or cyclic N) is 1. The van der Waals surface area contributed by atoms with Crippen molar-refractivity contribution in [3.8, 4) is 22.9 Å². The number of nitrogens with zero attached hydrogens (tertiary/aromatic N) is 5. The van der Waals surface area contributed by atoms with Crippen LogP contribution in [0.3, 0.4) is 0 Å². The number of ether oxygens (including phenoxy) is 2. The third kappa shape index (κ3) is 5.41. The summed E-state index contributed by atoms with van der Waals surface area (Å²) in [5.74, 6) is 1.24. The first-order valence-corrected chi connectivity index (χ1v) is 12.6. The Hall–Kier alpha value is -3.76. The van der Waals surface area contributed by atoms with E-state index in [1.54, 1.807) is 45.0 Å². The molecular weight excluding hydrogens is 487 g/mol. The van der Waals surface area contributed by atoms with Gasteiger partial charge in [0.1, 0.15) is 11.9 Å². The fourth-order valence-corrected chi connectivity index (χ4v) is 5.11. The number of rotatable bonds is 8. The Labute approximate surface area is 221 Å². The van der Waals surface area contributed by atoms with Gasteiger partial charge in [-0.25, -0.2) is 18.9 Å². The molecule has 0 bridgehead atoms. The first-order chi connectivity index (χ1) is 18.3. The van der Waals surface area contributed by atoms with Gasteiger partial charge in [-0.3, -0.25) is 4.90 Å². The minimum absolute atomic E-state index is 0.236. The summed E-state index contributed by atoms with van der Waals surface area (Å²) in [7, 11) is 3.18. The van der Waals surface area contributed by atoms with E-state index in [0.29, 0.717) is 42.8 Å². The minimum atomic E-state index is -1.03. The number of halogens is 1. The van der Waals surface area contributed by atoms with Gasteiger partial charge in [0, 0.05) is 25.2 Å². The van der Waals surface area contributed by atoms with Crippen LogP contribution in [0.1, 0.15) is 31.7 Å². The van der Waals surface area contributed by atoms with Crippen LogP contribution in [0.25, 0.3) is 16.8 Å². The Balaban J connectivity index is 1.37. The largest absolute Gasteiger partial charge is 0.495 e. The lowest BCUT2D eigenvalue weighted by atomic mass is 9.87. The van der Waals surface area contributed by atoms with Gasteiger partial charge in [-0.05, 0) is 68.8 Å². The molecule has 9 nitrogen and oxygen atoms in total. The third-order valence-corrected chi connectivity index (χ3v) is 6.78. The van der Waals surface area contributed by atoms with E-state index < -0.39 is 11.8 Å². The number of hydrogen-bond acceptors (Lipinski definition) is 8. The Morgan fingerprint density at radius 3 is 2.71 bits per heavy atom. The predicted molar refractivity (Wildman–Crippen MR) is 144 cm³/mol. The van der Waals surface area contributed by atoms with Gasteiger partial charge in [0.2, 0.25) is 11.8 Å². The van der Waals surface area contributed by atoms with Crippen LogP contribution in [0.4, 0.5) is 16.0 Å². The maximum atomic E-state index is 15.2. The van der Waals surface area contributed by atoms with Gasteiger partial charge < -0.3 is 19.9 Å². The molecule has 2 N–H and O–H groups in total. The van der Waals surface area contributed by atoms with E-state index in [-0.39, 0.29) is 5.92 Å². The average molecular weight is 521 g/mol. The molecule has 1 aromatic carbocycles. The van der Waals surface area contributed by atoms with Crippen LogP contribution >= 0.6 is 0 Å². The number of fused-ring (bicyclic) bond motifs is 1. The molecule has 0 aliphatic carbocycles. The predicted octanol–water partition coefficient (Wildman–Crippen LogP) is 4.45. The summed E-state index contributed by atoms with van der Waals surface area (Å²) < 4.78 is 28.0. The molecule has 1 fully saturated rings. The fraction of sp³-hybridized carbons (Fsp3) is 0.393. The number of aliphatic hydroxyl groups is 1. The Bertz CT molecular complexity index is 1420. The van der Waals surface area contributed by atoms with Crippen LogP contribution in [0.5, 0.6) is 11.6 Å². The molecule has 1 aliphatic heterocycles. The number of pyridine rings is 1. The molecular formula is C28H33FN6O3. The van der Waals surface area contributed by atoms with Crippen molar-refractivity contribution >= 4 is 17.2 Å². The molecule has 0 unspecified atom stereocenters. The van der Waals surface area contributed by atoms with Crippen LogP contribution in [0.2, 0.25) is 0 Å². The zero-order valence-electron chi connectivity index (χ0n) is 22.1. The molecule has 4 heterocycles. The lowest BCUT2D eigenvalue weighted by Gasteiger charge is -2.37. The van der Waals surface area contributed by atoms with E-state index in [1.165, 1.54) is 0 Å². The SMILES string of the molecule is COc1cc([C@@H]2CCN(CC(C)(C)O)C[C@H]2F)ccc1Nc1ncc2ccc(-c3cccnc3OC)n2n1. The summed E-state index contributed by atoms with van der Waals surface area (Å²) in [5, 5.41) is 18.0. The van der Waals surface area contributed by atoms with E-state index >= 15 is 4.39 Å². The molecule has 0 amide bonds. The maximum Gasteiger partial charge on any atom is 0.245 e. The number of benzene rings is 1. The molecule has 0 saturated carbocycles. The van der Waals surface area contributed by atoms with Gasteiger partial charge in [-0.2, -0.15) is 0 Å². The number of hydrogen-bond donors (Lipinski definition) is 2. The quantitative estimate of drug-likeness (QED) is 0.352. The second-order valence-electron chi connectivity index (χ2n) is 10.2. The molecule has 2 atom stereocenters. The Kier molecular flexibility index (Phi) is 7.18. The van der Waals surface area contributed by atoms with Crippen molar-refractivity contribution in [3.05, 3.63) is 60.4 Å². The van der Waals surface area contributed by atoms with Gasteiger partial charge in [0.15, 0.2) is 0 Å². The molecule has 10 heteroatoms. The monoisotopic (exact) mass is 520 g/mol. The molecule has 3 aromatic heterocycles. The molecule has 0 spiro atoms. The number of methoxy groups -OCH3 is 2. The third-order valence-electron chi connectivity index (χ3n) is 6.78. The van der Waals surface area contributed by atoms with Crippen LogP contribution in [-0.2, 0) is 0 Å². The molecule has 1 aliphatic rings. The van der Waals surface area contributed by atoms with Crippen molar-refractivity contribution in [2.75, 3.05) is 39.2 Å². The molecule has 38 heavy (non-hydrogen) atoms. The second-order valence-corrected chi connectivity index (χ2v) is 10.2. The number of aromatic nitrogens is 4. The lowest BCUT2D eigenvalue weighted by molar-refractivity contribution is 0.0126. The number of piperidine rings is 1. The highest BCUT2D eigenvalue weighted by Gasteiger charge is 2.32. The highest BCUT2D eigenvalue weighted by molar-refractivity contribution is 5.71. The highest BCUT2D eigenvalue weighted by Crippen LogP contribution is 2.36. The van der Waals surface area contributed by atoms with Crippen molar-refractivity contribution < 1.29 is 19.0 Å². The molecule has 4 aromatic rings. The number of alkyl halides is 1. The summed E-state index contributed by atoms with van der Waals surface area (Å²) in [6, 6.07) is 13.3. The van der Waals surface area contributed by atoms with Gasteiger partial charge in [-0.15, -0.1) is 5.10 Å². The van der Waals surface area contributed by atoms with E-state index in [1.807, 2.05) is 47.4 Å². The Morgan fingerprint density at radius 1 is 1.13 bits per heavy atom. The lowest BCUT2D eigenvalue weighted by Crippen LogP contribution is -2.46. The van der Waals surface area contributed by atoms with E-state index in [0.717, 1.165) is 28.9 Å².